The largest absolute Gasteiger partial charge is 0.297 e. The second kappa shape index (κ2) is 5.87. The van der Waals surface area contributed by atoms with Crippen LogP contribution >= 0.6 is 32.9 Å². The smallest absolute Gasteiger partial charge is 0.259 e. The van der Waals surface area contributed by atoms with Gasteiger partial charge in [0, 0.05) is 16.7 Å². The lowest BCUT2D eigenvalue weighted by Crippen LogP contribution is -2.47. The van der Waals surface area contributed by atoms with Gasteiger partial charge in [0.2, 0.25) is 0 Å². The number of benzene rings is 2. The predicted molar refractivity (Wildman–Crippen MR) is 109 cm³/mol. The zero-order chi connectivity index (χ0) is 17.8. The number of para-hydroxylation sites is 1. The number of rotatable bonds is 1. The summed E-state index contributed by atoms with van der Waals surface area (Å²) in [5.41, 5.74) is 4.52. The molecule has 4 rings (SSSR count). The van der Waals surface area contributed by atoms with Crippen LogP contribution in [0, 0.1) is 10.7 Å². The second-order valence-electron chi connectivity index (χ2n) is 6.74. The maximum Gasteiger partial charge on any atom is 0.259 e. The second-order valence-corrected chi connectivity index (χ2v) is 9.56. The molecule has 3 aromatic rings. The van der Waals surface area contributed by atoms with Crippen molar-refractivity contribution in [1.82, 2.24) is 0 Å². The maximum absolute atomic E-state index is 13.4. The summed E-state index contributed by atoms with van der Waals surface area (Å²) in [5.74, 6) is 0.0208. The molecule has 0 unspecified atom stereocenters. The molecule has 1 amide bonds. The first-order valence-electron chi connectivity index (χ1n) is 8.05. The highest BCUT2D eigenvalue weighted by molar-refractivity contribution is 7.80. The van der Waals surface area contributed by atoms with Gasteiger partial charge in [-0.2, -0.15) is 0 Å². The highest BCUT2D eigenvalue weighted by Gasteiger charge is 2.42. The van der Waals surface area contributed by atoms with E-state index in [-0.39, 0.29) is 5.91 Å². The lowest BCUT2D eigenvalue weighted by molar-refractivity contribution is 0.0961. The maximum atomic E-state index is 13.4. The molecule has 5 heteroatoms. The lowest BCUT2D eigenvalue weighted by Gasteiger charge is -2.43. The van der Waals surface area contributed by atoms with Crippen molar-refractivity contribution in [3.8, 4) is 11.1 Å². The molecule has 0 aliphatic carbocycles. The molecule has 1 aliphatic heterocycles. The number of aryl methyl sites for hydroxylation is 1. The number of carbonyl (C=O) groups is 1. The normalized spacial score (nSPS) is 14.8. The van der Waals surface area contributed by atoms with Crippen LogP contribution in [0.3, 0.4) is 0 Å². The third kappa shape index (κ3) is 2.49. The average Bonchev–Trinajstić information content (AvgIpc) is 2.98. The first kappa shape index (κ1) is 16.6. The molecule has 0 radical (unpaired) electrons. The van der Waals surface area contributed by atoms with Crippen LogP contribution in [0.2, 0.25) is 0 Å². The number of hydrogen-bond donors (Lipinski definition) is 0. The Labute approximate surface area is 159 Å². The van der Waals surface area contributed by atoms with Crippen LogP contribution in [-0.4, -0.2) is 5.91 Å². The molecule has 0 bridgehead atoms. The highest BCUT2D eigenvalue weighted by atomic mass is 32.9. The van der Waals surface area contributed by atoms with Gasteiger partial charge in [-0.15, -0.1) is 0 Å². The van der Waals surface area contributed by atoms with Crippen LogP contribution in [0.15, 0.2) is 48.5 Å². The predicted octanol–water partition coefficient (Wildman–Crippen LogP) is 6.41. The Hall–Kier alpha value is -1.82. The summed E-state index contributed by atoms with van der Waals surface area (Å²) in [7, 11) is 3.30. The van der Waals surface area contributed by atoms with E-state index in [0.717, 1.165) is 26.2 Å². The van der Waals surface area contributed by atoms with Gasteiger partial charge < -0.3 is 0 Å². The van der Waals surface area contributed by atoms with Crippen molar-refractivity contribution in [2.45, 2.75) is 26.3 Å². The molecule has 2 heterocycles. The number of nitrogens with zero attached hydrogens (tertiary/aromatic N) is 1. The number of hydrogen-bond acceptors (Lipinski definition) is 4. The lowest BCUT2D eigenvalue weighted by atomic mass is 9.87. The summed E-state index contributed by atoms with van der Waals surface area (Å²) < 4.78 is 0.906. The summed E-state index contributed by atoms with van der Waals surface area (Å²) in [5, 5.41) is 0. The first-order valence-corrected chi connectivity index (χ1v) is 10.6. The Morgan fingerprint density at radius 1 is 1.04 bits per heavy atom. The molecule has 126 valence electrons. The highest BCUT2D eigenvalue weighted by Crippen LogP contribution is 2.52. The van der Waals surface area contributed by atoms with Crippen LogP contribution in [0.25, 0.3) is 11.1 Å². The van der Waals surface area contributed by atoms with Crippen molar-refractivity contribution in [1.29, 1.82) is 0 Å². The fourth-order valence-corrected chi connectivity index (χ4v) is 6.65. The Bertz CT molecular complexity index is 1030. The molecule has 1 aliphatic rings. The zero-order valence-electron chi connectivity index (χ0n) is 14.2. The minimum absolute atomic E-state index is 0.0208. The van der Waals surface area contributed by atoms with Crippen LogP contribution in [0.1, 0.15) is 34.6 Å². The average molecular weight is 384 g/mol. The van der Waals surface area contributed by atoms with Gasteiger partial charge >= 0.3 is 0 Å². The summed E-state index contributed by atoms with van der Waals surface area (Å²) >= 11 is 5.59. The van der Waals surface area contributed by atoms with Crippen molar-refractivity contribution in [3.05, 3.63) is 68.4 Å². The van der Waals surface area contributed by atoms with Crippen molar-refractivity contribution < 1.29 is 4.79 Å². The fraction of sp³-hybridized carbons (Fsp3) is 0.200. The van der Waals surface area contributed by atoms with Gasteiger partial charge in [0.1, 0.15) is 3.82 Å². The minimum Gasteiger partial charge on any atom is -0.297 e. The fourth-order valence-electron chi connectivity index (χ4n) is 3.37. The zero-order valence-corrected chi connectivity index (χ0v) is 16.6. The van der Waals surface area contributed by atoms with Crippen LogP contribution in [0.4, 0.5) is 5.69 Å². The van der Waals surface area contributed by atoms with E-state index in [4.69, 9.17) is 12.2 Å². The molecule has 0 fully saturated rings. The third-order valence-electron chi connectivity index (χ3n) is 4.66. The van der Waals surface area contributed by atoms with Gasteiger partial charge in [0.25, 0.3) is 5.91 Å². The molecule has 0 N–H and O–H groups in total. The Kier molecular flexibility index (Phi) is 3.90. The van der Waals surface area contributed by atoms with Crippen molar-refractivity contribution in [3.63, 3.8) is 0 Å². The number of amides is 1. The molecule has 25 heavy (non-hydrogen) atoms. The first-order chi connectivity index (χ1) is 11.9. The van der Waals surface area contributed by atoms with Crippen LogP contribution in [0.5, 0.6) is 0 Å². The standard InChI is InChI=1S/C20H17NOS3/c1-12-8-10-13(11-9-12)18(22)21-15-7-5-4-6-14(15)16-17(20(21,2)3)24-25-19(16)23/h4-11H,1-3H3. The van der Waals surface area contributed by atoms with Crippen molar-refractivity contribution >= 4 is 44.5 Å². The molecule has 0 spiro atoms. The van der Waals surface area contributed by atoms with Crippen molar-refractivity contribution in [2.75, 3.05) is 4.90 Å². The van der Waals surface area contributed by atoms with E-state index in [9.17, 15) is 4.79 Å². The topological polar surface area (TPSA) is 20.3 Å². The number of anilines is 1. The van der Waals surface area contributed by atoms with E-state index >= 15 is 0 Å². The quantitative estimate of drug-likeness (QED) is 0.357. The summed E-state index contributed by atoms with van der Waals surface area (Å²) in [6, 6.07) is 15.8. The van der Waals surface area contributed by atoms with E-state index in [1.807, 2.05) is 54.3 Å². The van der Waals surface area contributed by atoms with Crippen LogP contribution < -0.4 is 4.90 Å². The monoisotopic (exact) mass is 383 g/mol. The van der Waals surface area contributed by atoms with E-state index in [1.54, 1.807) is 20.7 Å². The molecule has 0 saturated carbocycles. The van der Waals surface area contributed by atoms with Gasteiger partial charge in [-0.05, 0) is 39.0 Å². The molecule has 0 saturated heterocycles. The van der Waals surface area contributed by atoms with Gasteiger partial charge in [0.05, 0.1) is 16.1 Å². The van der Waals surface area contributed by atoms with Gasteiger partial charge in [-0.25, -0.2) is 0 Å². The number of fused-ring (bicyclic) bond motifs is 3. The minimum atomic E-state index is -0.441. The molecular weight excluding hydrogens is 366 g/mol. The third-order valence-corrected chi connectivity index (χ3v) is 7.99. The van der Waals surface area contributed by atoms with E-state index < -0.39 is 5.54 Å². The SMILES string of the molecule is Cc1ccc(C(=O)N2c3ccccc3-c3c(ssc3=S)C2(C)C)cc1. The Morgan fingerprint density at radius 3 is 2.44 bits per heavy atom. The number of carbonyl (C=O) groups excluding carboxylic acids is 1. The molecule has 2 aromatic carbocycles. The van der Waals surface area contributed by atoms with E-state index in [2.05, 4.69) is 19.9 Å². The Balaban J connectivity index is 1.95. The van der Waals surface area contributed by atoms with Gasteiger partial charge in [-0.1, -0.05) is 68.8 Å². The summed E-state index contributed by atoms with van der Waals surface area (Å²) in [6.45, 7) is 6.23. The van der Waals surface area contributed by atoms with E-state index in [1.165, 1.54) is 4.88 Å². The Morgan fingerprint density at radius 2 is 1.72 bits per heavy atom. The van der Waals surface area contributed by atoms with Crippen LogP contribution in [-0.2, 0) is 5.54 Å². The molecule has 2 nitrogen and oxygen atoms in total. The van der Waals surface area contributed by atoms with Gasteiger partial charge in [-0.3, -0.25) is 9.69 Å². The molecule has 0 atom stereocenters. The molecular formula is C20H17NOS3. The van der Waals surface area contributed by atoms with Gasteiger partial charge in [0.15, 0.2) is 0 Å². The summed E-state index contributed by atoms with van der Waals surface area (Å²) in [4.78, 5) is 16.5. The molecule has 1 aromatic heterocycles. The summed E-state index contributed by atoms with van der Waals surface area (Å²) in [6.07, 6.45) is 0. The van der Waals surface area contributed by atoms with E-state index in [0.29, 0.717) is 5.56 Å². The van der Waals surface area contributed by atoms with Crippen molar-refractivity contribution in [2.24, 2.45) is 0 Å².